The van der Waals surface area contributed by atoms with Gasteiger partial charge in [-0.2, -0.15) is 0 Å². The standard InChI is InChI=1S/C20H19ClN2O2/c21-16-6-3-15(4-7-16)19(23-10-12-25-13-11-23)17-8-5-14-2-1-9-22-18(14)20(17)24/h1-9,19,24H,10-13H2/t19-/m1/s1. The molecule has 1 atom stereocenters. The van der Waals surface area contributed by atoms with Crippen LogP contribution in [0, 0.1) is 0 Å². The Balaban J connectivity index is 1.85. The lowest BCUT2D eigenvalue weighted by Crippen LogP contribution is -2.39. The Morgan fingerprint density at radius 3 is 2.56 bits per heavy atom. The lowest BCUT2D eigenvalue weighted by atomic mass is 9.94. The molecule has 0 saturated carbocycles. The van der Waals surface area contributed by atoms with Crippen molar-refractivity contribution in [3.05, 3.63) is 70.9 Å². The van der Waals surface area contributed by atoms with Crippen molar-refractivity contribution in [2.24, 2.45) is 0 Å². The third kappa shape index (κ3) is 3.21. The quantitative estimate of drug-likeness (QED) is 0.771. The monoisotopic (exact) mass is 354 g/mol. The molecule has 1 fully saturated rings. The molecule has 0 bridgehead atoms. The number of phenols is 1. The molecule has 0 radical (unpaired) electrons. The van der Waals surface area contributed by atoms with Crippen LogP contribution >= 0.6 is 11.6 Å². The summed E-state index contributed by atoms with van der Waals surface area (Å²) >= 11 is 6.06. The third-order valence-corrected chi connectivity index (χ3v) is 4.92. The van der Waals surface area contributed by atoms with E-state index >= 15 is 0 Å². The lowest BCUT2D eigenvalue weighted by molar-refractivity contribution is 0.0236. The number of phenolic OH excluding ortho intramolecular Hbond substituents is 1. The van der Waals surface area contributed by atoms with Gasteiger partial charge in [-0.1, -0.05) is 41.9 Å². The topological polar surface area (TPSA) is 45.6 Å². The second-order valence-electron chi connectivity index (χ2n) is 6.18. The number of ether oxygens (including phenoxy) is 1. The van der Waals surface area contributed by atoms with Crippen LogP contribution < -0.4 is 0 Å². The van der Waals surface area contributed by atoms with E-state index in [4.69, 9.17) is 16.3 Å². The van der Waals surface area contributed by atoms with Crippen molar-refractivity contribution in [3.8, 4) is 5.75 Å². The zero-order valence-electron chi connectivity index (χ0n) is 13.7. The number of fused-ring (bicyclic) bond motifs is 1. The average Bonchev–Trinajstić information content (AvgIpc) is 2.66. The molecule has 4 nitrogen and oxygen atoms in total. The summed E-state index contributed by atoms with van der Waals surface area (Å²) in [5.41, 5.74) is 2.58. The minimum atomic E-state index is -0.0624. The van der Waals surface area contributed by atoms with Gasteiger partial charge in [0.05, 0.1) is 19.3 Å². The number of hydrogen-bond acceptors (Lipinski definition) is 4. The van der Waals surface area contributed by atoms with Crippen LogP contribution in [0.2, 0.25) is 5.02 Å². The largest absolute Gasteiger partial charge is 0.505 e. The Labute approximate surface area is 151 Å². The van der Waals surface area contributed by atoms with Crippen LogP contribution in [0.5, 0.6) is 5.75 Å². The molecule has 4 rings (SSSR count). The van der Waals surface area contributed by atoms with Gasteiger partial charge in [0.25, 0.3) is 0 Å². The normalized spacial score (nSPS) is 16.8. The Kier molecular flexibility index (Phi) is 4.57. The molecule has 5 heteroatoms. The minimum absolute atomic E-state index is 0.0624. The zero-order valence-corrected chi connectivity index (χ0v) is 14.5. The minimum Gasteiger partial charge on any atom is -0.505 e. The van der Waals surface area contributed by atoms with Crippen LogP contribution in [0.4, 0.5) is 0 Å². The summed E-state index contributed by atoms with van der Waals surface area (Å²) in [5.74, 6) is 0.240. The lowest BCUT2D eigenvalue weighted by Gasteiger charge is -2.35. The molecule has 2 heterocycles. The second-order valence-corrected chi connectivity index (χ2v) is 6.62. The highest BCUT2D eigenvalue weighted by atomic mass is 35.5. The predicted octanol–water partition coefficient (Wildman–Crippen LogP) is 4.02. The van der Waals surface area contributed by atoms with Gasteiger partial charge in [-0.25, -0.2) is 0 Å². The number of pyridine rings is 1. The molecule has 1 aliphatic rings. The fourth-order valence-corrected chi connectivity index (χ4v) is 3.56. The van der Waals surface area contributed by atoms with Crippen molar-refractivity contribution in [3.63, 3.8) is 0 Å². The molecule has 1 aliphatic heterocycles. The molecule has 1 aromatic heterocycles. The Bertz CT molecular complexity index is 877. The molecule has 0 unspecified atom stereocenters. The van der Waals surface area contributed by atoms with Gasteiger partial charge in [0.15, 0.2) is 0 Å². The number of hydrogen-bond donors (Lipinski definition) is 1. The van der Waals surface area contributed by atoms with E-state index in [0.717, 1.165) is 29.6 Å². The van der Waals surface area contributed by atoms with Gasteiger partial charge in [-0.05, 0) is 23.8 Å². The maximum atomic E-state index is 10.9. The van der Waals surface area contributed by atoms with E-state index in [1.165, 1.54) is 0 Å². The molecule has 0 amide bonds. The van der Waals surface area contributed by atoms with Crippen molar-refractivity contribution in [1.29, 1.82) is 0 Å². The van der Waals surface area contributed by atoms with Gasteiger partial charge < -0.3 is 9.84 Å². The van der Waals surface area contributed by atoms with E-state index in [1.807, 2.05) is 48.5 Å². The number of morpholine rings is 1. The predicted molar refractivity (Wildman–Crippen MR) is 99.1 cm³/mol. The van der Waals surface area contributed by atoms with Gasteiger partial charge in [-0.3, -0.25) is 9.88 Å². The van der Waals surface area contributed by atoms with Gasteiger partial charge in [0.2, 0.25) is 0 Å². The number of benzene rings is 2. The number of aromatic nitrogens is 1. The average molecular weight is 355 g/mol. The first kappa shape index (κ1) is 16.3. The summed E-state index contributed by atoms with van der Waals surface area (Å²) in [5, 5.41) is 12.6. The smallest absolute Gasteiger partial charge is 0.146 e. The maximum Gasteiger partial charge on any atom is 0.146 e. The van der Waals surface area contributed by atoms with Crippen molar-refractivity contribution < 1.29 is 9.84 Å². The summed E-state index contributed by atoms with van der Waals surface area (Å²) in [4.78, 5) is 6.69. The van der Waals surface area contributed by atoms with Crippen molar-refractivity contribution in [2.45, 2.75) is 6.04 Å². The molecule has 0 spiro atoms. The Morgan fingerprint density at radius 2 is 1.80 bits per heavy atom. The number of aromatic hydroxyl groups is 1. The fourth-order valence-electron chi connectivity index (χ4n) is 3.43. The summed E-state index contributed by atoms with van der Waals surface area (Å²) < 4.78 is 5.50. The van der Waals surface area contributed by atoms with Crippen LogP contribution in [0.3, 0.4) is 0 Å². The van der Waals surface area contributed by atoms with E-state index in [2.05, 4.69) is 9.88 Å². The summed E-state index contributed by atoms with van der Waals surface area (Å²) in [7, 11) is 0. The molecule has 2 aromatic carbocycles. The van der Waals surface area contributed by atoms with Crippen LogP contribution in [0.1, 0.15) is 17.2 Å². The van der Waals surface area contributed by atoms with E-state index in [9.17, 15) is 5.11 Å². The molecular formula is C20H19ClN2O2. The van der Waals surface area contributed by atoms with Gasteiger partial charge in [0, 0.05) is 35.3 Å². The Morgan fingerprint density at radius 1 is 1.04 bits per heavy atom. The van der Waals surface area contributed by atoms with E-state index < -0.39 is 0 Å². The Hall–Kier alpha value is -2.14. The van der Waals surface area contributed by atoms with Crippen LogP contribution in [0.15, 0.2) is 54.7 Å². The first-order valence-electron chi connectivity index (χ1n) is 8.38. The summed E-state index contributed by atoms with van der Waals surface area (Å²) in [6, 6.07) is 15.6. The molecule has 1 saturated heterocycles. The van der Waals surface area contributed by atoms with Crippen molar-refractivity contribution >= 4 is 22.5 Å². The van der Waals surface area contributed by atoms with Gasteiger partial charge in [-0.15, -0.1) is 0 Å². The first-order chi connectivity index (χ1) is 12.2. The SMILES string of the molecule is Oc1c([C@@H](c2ccc(Cl)cc2)N2CCOCC2)ccc2cccnc12. The maximum absolute atomic E-state index is 10.9. The number of rotatable bonds is 3. The van der Waals surface area contributed by atoms with Crippen molar-refractivity contribution in [2.75, 3.05) is 26.3 Å². The zero-order chi connectivity index (χ0) is 17.2. The van der Waals surface area contributed by atoms with Gasteiger partial charge in [0.1, 0.15) is 11.3 Å². The van der Waals surface area contributed by atoms with Gasteiger partial charge >= 0.3 is 0 Å². The first-order valence-corrected chi connectivity index (χ1v) is 8.76. The third-order valence-electron chi connectivity index (χ3n) is 4.67. The highest BCUT2D eigenvalue weighted by Gasteiger charge is 2.27. The van der Waals surface area contributed by atoms with E-state index in [-0.39, 0.29) is 11.8 Å². The molecule has 25 heavy (non-hydrogen) atoms. The van der Waals surface area contributed by atoms with E-state index in [1.54, 1.807) is 6.20 Å². The van der Waals surface area contributed by atoms with Crippen LogP contribution in [-0.2, 0) is 4.74 Å². The second kappa shape index (κ2) is 7.00. The molecule has 0 aliphatic carbocycles. The molecular weight excluding hydrogens is 336 g/mol. The highest BCUT2D eigenvalue weighted by molar-refractivity contribution is 6.30. The van der Waals surface area contributed by atoms with Crippen molar-refractivity contribution in [1.82, 2.24) is 9.88 Å². The highest BCUT2D eigenvalue weighted by Crippen LogP contribution is 2.38. The number of halogens is 1. The van der Waals surface area contributed by atoms with Crippen LogP contribution in [-0.4, -0.2) is 41.3 Å². The molecule has 3 aromatic rings. The van der Waals surface area contributed by atoms with E-state index in [0.29, 0.717) is 23.8 Å². The molecule has 128 valence electrons. The molecule has 1 N–H and O–H groups in total. The summed E-state index contributed by atoms with van der Waals surface area (Å²) in [6.07, 6.45) is 1.71. The summed E-state index contributed by atoms with van der Waals surface area (Å²) in [6.45, 7) is 3.01. The number of nitrogens with zero attached hydrogens (tertiary/aromatic N) is 2. The fraction of sp³-hybridized carbons (Fsp3) is 0.250. The van der Waals surface area contributed by atoms with Crippen LogP contribution in [0.25, 0.3) is 10.9 Å².